The molecule has 0 unspecified atom stereocenters. The summed E-state index contributed by atoms with van der Waals surface area (Å²) in [4.78, 5) is 0.702. The van der Waals surface area contributed by atoms with Crippen LogP contribution in [0.5, 0.6) is 0 Å². The molecule has 2 aromatic carbocycles. The first-order chi connectivity index (χ1) is 10.1. The second kappa shape index (κ2) is 7.78. The van der Waals surface area contributed by atoms with Crippen LogP contribution in [-0.4, -0.2) is 6.54 Å². The van der Waals surface area contributed by atoms with Crippen LogP contribution in [0.25, 0.3) is 0 Å². The zero-order valence-electron chi connectivity index (χ0n) is 11.6. The molecule has 0 spiro atoms. The lowest BCUT2D eigenvalue weighted by atomic mass is 10.2. The van der Waals surface area contributed by atoms with Gasteiger partial charge in [0.2, 0.25) is 0 Å². The smallest absolute Gasteiger partial charge is 0.140 e. The summed E-state index contributed by atoms with van der Waals surface area (Å²) in [5.74, 6) is -1.10. The molecule has 0 saturated heterocycles. The minimum atomic E-state index is -0.548. The van der Waals surface area contributed by atoms with Crippen molar-refractivity contribution in [2.24, 2.45) is 0 Å². The Morgan fingerprint density at radius 1 is 1.14 bits per heavy atom. The highest BCUT2D eigenvalue weighted by atomic mass is 35.5. The van der Waals surface area contributed by atoms with Gasteiger partial charge < -0.3 is 5.32 Å². The SMILES string of the molecule is CCCNCc1cc(F)c(Sc2cccc(Cl)c2)c(F)c1. The molecule has 0 amide bonds. The molecule has 2 rings (SSSR count). The number of hydrogen-bond acceptors (Lipinski definition) is 2. The van der Waals surface area contributed by atoms with E-state index in [9.17, 15) is 8.78 Å². The molecule has 5 heteroatoms. The third kappa shape index (κ3) is 4.70. The molecule has 2 aromatic rings. The van der Waals surface area contributed by atoms with Gasteiger partial charge >= 0.3 is 0 Å². The van der Waals surface area contributed by atoms with Crippen molar-refractivity contribution in [2.75, 3.05) is 6.54 Å². The Kier molecular flexibility index (Phi) is 6.03. The topological polar surface area (TPSA) is 12.0 Å². The minimum Gasteiger partial charge on any atom is -0.313 e. The largest absolute Gasteiger partial charge is 0.313 e. The molecule has 1 nitrogen and oxygen atoms in total. The Bertz CT molecular complexity index is 596. The van der Waals surface area contributed by atoms with Crippen molar-refractivity contribution < 1.29 is 8.78 Å². The number of nitrogens with one attached hydrogen (secondary N) is 1. The normalized spacial score (nSPS) is 10.9. The van der Waals surface area contributed by atoms with Crippen LogP contribution < -0.4 is 5.32 Å². The average molecular weight is 328 g/mol. The molecular formula is C16H16ClF2NS. The van der Waals surface area contributed by atoms with Gasteiger partial charge in [0.15, 0.2) is 0 Å². The van der Waals surface area contributed by atoms with Crippen molar-refractivity contribution in [3.8, 4) is 0 Å². The van der Waals surface area contributed by atoms with Gasteiger partial charge in [0.05, 0.1) is 4.90 Å². The third-order valence-electron chi connectivity index (χ3n) is 2.83. The highest BCUT2D eigenvalue weighted by Crippen LogP contribution is 2.33. The molecule has 0 radical (unpaired) electrons. The van der Waals surface area contributed by atoms with E-state index in [2.05, 4.69) is 5.32 Å². The summed E-state index contributed by atoms with van der Waals surface area (Å²) in [6.07, 6.45) is 0.980. The van der Waals surface area contributed by atoms with E-state index in [1.54, 1.807) is 24.3 Å². The summed E-state index contributed by atoms with van der Waals surface area (Å²) in [6.45, 7) is 3.32. The van der Waals surface area contributed by atoms with E-state index in [-0.39, 0.29) is 4.90 Å². The maximum atomic E-state index is 14.1. The summed E-state index contributed by atoms with van der Waals surface area (Å²) in [7, 11) is 0. The van der Waals surface area contributed by atoms with E-state index in [0.29, 0.717) is 22.0 Å². The van der Waals surface area contributed by atoms with E-state index < -0.39 is 11.6 Å². The maximum Gasteiger partial charge on any atom is 0.140 e. The summed E-state index contributed by atoms with van der Waals surface area (Å²) < 4.78 is 28.2. The van der Waals surface area contributed by atoms with E-state index in [0.717, 1.165) is 24.7 Å². The van der Waals surface area contributed by atoms with Gasteiger partial charge in [-0.05, 0) is 48.9 Å². The zero-order valence-corrected chi connectivity index (χ0v) is 13.2. The van der Waals surface area contributed by atoms with Gasteiger partial charge in [0.25, 0.3) is 0 Å². The number of rotatable bonds is 6. The molecule has 0 fully saturated rings. The summed E-state index contributed by atoms with van der Waals surface area (Å²) >= 11 is 6.91. The third-order valence-corrected chi connectivity index (χ3v) is 4.15. The monoisotopic (exact) mass is 327 g/mol. The molecule has 0 aliphatic carbocycles. The van der Waals surface area contributed by atoms with Gasteiger partial charge in [0.1, 0.15) is 11.6 Å². The van der Waals surface area contributed by atoms with Gasteiger partial charge in [-0.3, -0.25) is 0 Å². The van der Waals surface area contributed by atoms with E-state index in [1.165, 1.54) is 12.1 Å². The molecule has 0 aliphatic heterocycles. The van der Waals surface area contributed by atoms with Crippen molar-refractivity contribution >= 4 is 23.4 Å². The molecule has 0 bridgehead atoms. The Hall–Kier alpha value is -1.10. The lowest BCUT2D eigenvalue weighted by molar-refractivity contribution is 0.534. The van der Waals surface area contributed by atoms with Crippen LogP contribution in [0.15, 0.2) is 46.2 Å². The van der Waals surface area contributed by atoms with Gasteiger partial charge in [-0.2, -0.15) is 0 Å². The second-order valence-corrected chi connectivity index (χ2v) is 6.15. The average Bonchev–Trinajstić information content (AvgIpc) is 2.43. The van der Waals surface area contributed by atoms with Crippen LogP contribution in [0.1, 0.15) is 18.9 Å². The molecule has 0 aromatic heterocycles. The predicted octanol–water partition coefficient (Wildman–Crippen LogP) is 5.27. The van der Waals surface area contributed by atoms with Crippen molar-refractivity contribution in [3.05, 3.63) is 58.6 Å². The minimum absolute atomic E-state index is 0.00323. The van der Waals surface area contributed by atoms with Gasteiger partial charge in [-0.25, -0.2) is 8.78 Å². The summed E-state index contributed by atoms with van der Waals surface area (Å²) in [5, 5.41) is 3.67. The fourth-order valence-corrected chi connectivity index (χ4v) is 3.01. The number of hydrogen-bond donors (Lipinski definition) is 1. The zero-order chi connectivity index (χ0) is 15.2. The second-order valence-electron chi connectivity index (χ2n) is 4.62. The first-order valence-electron chi connectivity index (χ1n) is 6.72. The first kappa shape index (κ1) is 16.3. The Labute approximate surface area is 132 Å². The Morgan fingerprint density at radius 3 is 2.48 bits per heavy atom. The van der Waals surface area contributed by atoms with Gasteiger partial charge in [-0.15, -0.1) is 0 Å². The molecule has 1 N–H and O–H groups in total. The van der Waals surface area contributed by atoms with Crippen LogP contribution in [0.3, 0.4) is 0 Å². The molecule has 0 aliphatic rings. The van der Waals surface area contributed by atoms with Crippen LogP contribution in [0.2, 0.25) is 5.02 Å². The number of halogens is 3. The van der Waals surface area contributed by atoms with E-state index in [4.69, 9.17) is 11.6 Å². The lowest BCUT2D eigenvalue weighted by Gasteiger charge is -2.09. The lowest BCUT2D eigenvalue weighted by Crippen LogP contribution is -2.14. The fourth-order valence-electron chi connectivity index (χ4n) is 1.87. The van der Waals surface area contributed by atoms with Crippen molar-refractivity contribution in [2.45, 2.75) is 29.7 Å². The Morgan fingerprint density at radius 2 is 1.86 bits per heavy atom. The Balaban J connectivity index is 2.17. The number of benzene rings is 2. The van der Waals surface area contributed by atoms with Crippen molar-refractivity contribution in [1.29, 1.82) is 0 Å². The molecule has 0 saturated carbocycles. The summed E-state index contributed by atoms with van der Waals surface area (Å²) in [6, 6.07) is 9.68. The van der Waals surface area contributed by atoms with Gasteiger partial charge in [0, 0.05) is 16.5 Å². The van der Waals surface area contributed by atoms with E-state index in [1.807, 2.05) is 6.92 Å². The quantitative estimate of drug-likeness (QED) is 0.725. The highest BCUT2D eigenvalue weighted by Gasteiger charge is 2.13. The maximum absolute atomic E-state index is 14.1. The first-order valence-corrected chi connectivity index (χ1v) is 7.91. The highest BCUT2D eigenvalue weighted by molar-refractivity contribution is 7.99. The summed E-state index contributed by atoms with van der Waals surface area (Å²) in [5.41, 5.74) is 0.605. The fraction of sp³-hybridized carbons (Fsp3) is 0.250. The van der Waals surface area contributed by atoms with E-state index >= 15 is 0 Å². The van der Waals surface area contributed by atoms with Crippen LogP contribution in [0.4, 0.5) is 8.78 Å². The molecule has 0 heterocycles. The van der Waals surface area contributed by atoms with Crippen molar-refractivity contribution in [3.63, 3.8) is 0 Å². The molecule has 112 valence electrons. The molecule has 21 heavy (non-hydrogen) atoms. The van der Waals surface area contributed by atoms with Crippen LogP contribution in [-0.2, 0) is 6.54 Å². The van der Waals surface area contributed by atoms with Crippen LogP contribution in [0, 0.1) is 11.6 Å². The predicted molar refractivity (Wildman–Crippen MR) is 83.9 cm³/mol. The van der Waals surface area contributed by atoms with Crippen molar-refractivity contribution in [1.82, 2.24) is 5.32 Å². The van der Waals surface area contributed by atoms with Crippen LogP contribution >= 0.6 is 23.4 Å². The van der Waals surface area contributed by atoms with Gasteiger partial charge in [-0.1, -0.05) is 36.4 Å². The molecular weight excluding hydrogens is 312 g/mol. The standard InChI is InChI=1S/C16H16ClF2NS/c1-2-6-20-10-11-7-14(18)16(15(19)8-11)21-13-5-3-4-12(17)9-13/h3-5,7-9,20H,2,6,10H2,1H3. The molecule has 0 atom stereocenters.